The van der Waals surface area contributed by atoms with Gasteiger partial charge in [-0.05, 0) is 30.5 Å². The first-order valence-corrected chi connectivity index (χ1v) is 9.15. The molecule has 0 unspecified atom stereocenters. The van der Waals surface area contributed by atoms with E-state index in [1.807, 2.05) is 5.38 Å². The molecule has 0 aliphatic carbocycles. The van der Waals surface area contributed by atoms with E-state index >= 15 is 0 Å². The molecular formula is C16H11FN6OS2. The van der Waals surface area contributed by atoms with Crippen LogP contribution >= 0.6 is 22.9 Å². The van der Waals surface area contributed by atoms with Crippen LogP contribution in [-0.2, 0) is 0 Å². The molecule has 4 aromatic rings. The van der Waals surface area contributed by atoms with Gasteiger partial charge >= 0.3 is 0 Å². The number of hydrogen-bond acceptors (Lipinski definition) is 7. The standard InChI is InChI=1S/C16H11FN6OS2/c1-9-13(20-22-23(9)11-6-3-2-5-10(11)17)14-18-16(26-21-14)19-15(24)12-7-4-8-25-12/h2-8H,1H3,(H,18,19,21,24). The lowest BCUT2D eigenvalue weighted by Gasteiger charge is -2.03. The Bertz CT molecular complexity index is 1070. The summed E-state index contributed by atoms with van der Waals surface area (Å²) in [5, 5.41) is 12.9. The molecule has 3 aromatic heterocycles. The summed E-state index contributed by atoms with van der Waals surface area (Å²) < 4.78 is 19.6. The van der Waals surface area contributed by atoms with Gasteiger partial charge in [-0.2, -0.15) is 9.36 Å². The van der Waals surface area contributed by atoms with Crippen molar-refractivity contribution in [1.29, 1.82) is 0 Å². The number of para-hydroxylation sites is 1. The quantitative estimate of drug-likeness (QED) is 0.580. The number of nitrogens with one attached hydrogen (secondary N) is 1. The minimum absolute atomic E-state index is 0.241. The van der Waals surface area contributed by atoms with Gasteiger partial charge in [0.2, 0.25) is 5.13 Å². The smallest absolute Gasteiger partial charge is 0.267 e. The maximum atomic E-state index is 14.0. The number of nitrogens with zero attached hydrogens (tertiary/aromatic N) is 5. The average molecular weight is 386 g/mol. The van der Waals surface area contributed by atoms with Crippen LogP contribution in [0.4, 0.5) is 9.52 Å². The molecule has 1 N–H and O–H groups in total. The van der Waals surface area contributed by atoms with E-state index < -0.39 is 5.82 Å². The summed E-state index contributed by atoms with van der Waals surface area (Å²) in [5.74, 6) is -0.312. The van der Waals surface area contributed by atoms with Gasteiger partial charge in [0, 0.05) is 11.5 Å². The van der Waals surface area contributed by atoms with Crippen LogP contribution in [0.15, 0.2) is 41.8 Å². The van der Waals surface area contributed by atoms with E-state index in [1.54, 1.807) is 37.3 Å². The number of rotatable bonds is 4. The highest BCUT2D eigenvalue weighted by atomic mass is 32.1. The SMILES string of the molecule is Cc1c(-c2nsc(NC(=O)c3cccs3)n2)nnn1-c1ccccc1F. The fourth-order valence-electron chi connectivity index (χ4n) is 2.32. The largest absolute Gasteiger partial charge is 0.296 e. The van der Waals surface area contributed by atoms with Crippen LogP contribution in [0.5, 0.6) is 0 Å². The van der Waals surface area contributed by atoms with E-state index in [9.17, 15) is 9.18 Å². The molecule has 1 aromatic carbocycles. The number of hydrogen-bond donors (Lipinski definition) is 1. The fourth-order valence-corrected chi connectivity index (χ4v) is 3.51. The van der Waals surface area contributed by atoms with E-state index in [1.165, 1.54) is 22.1 Å². The summed E-state index contributed by atoms with van der Waals surface area (Å²) >= 11 is 2.39. The van der Waals surface area contributed by atoms with Gasteiger partial charge in [0.25, 0.3) is 5.91 Å². The van der Waals surface area contributed by atoms with E-state index in [0.717, 1.165) is 11.5 Å². The predicted octanol–water partition coefficient (Wildman–Crippen LogP) is 3.55. The lowest BCUT2D eigenvalue weighted by atomic mass is 10.3. The molecular weight excluding hydrogens is 375 g/mol. The Morgan fingerprint density at radius 3 is 2.85 bits per heavy atom. The van der Waals surface area contributed by atoms with Crippen molar-refractivity contribution in [3.63, 3.8) is 0 Å². The first-order valence-electron chi connectivity index (χ1n) is 7.49. The molecule has 3 heterocycles. The lowest BCUT2D eigenvalue weighted by molar-refractivity contribution is 0.103. The Morgan fingerprint density at radius 1 is 1.23 bits per heavy atom. The summed E-state index contributed by atoms with van der Waals surface area (Å²) in [6, 6.07) is 9.83. The number of carbonyl (C=O) groups excluding carboxylic acids is 1. The van der Waals surface area contributed by atoms with Gasteiger partial charge in [-0.3, -0.25) is 10.1 Å². The van der Waals surface area contributed by atoms with Crippen LogP contribution in [0, 0.1) is 12.7 Å². The molecule has 130 valence electrons. The minimum Gasteiger partial charge on any atom is -0.296 e. The summed E-state index contributed by atoms with van der Waals surface area (Å²) in [4.78, 5) is 17.0. The zero-order valence-electron chi connectivity index (χ0n) is 13.4. The zero-order chi connectivity index (χ0) is 18.1. The molecule has 1 amide bonds. The summed E-state index contributed by atoms with van der Waals surface area (Å²) in [6.07, 6.45) is 0. The highest BCUT2D eigenvalue weighted by Crippen LogP contribution is 2.25. The lowest BCUT2D eigenvalue weighted by Crippen LogP contribution is -2.09. The first kappa shape index (κ1) is 16.5. The minimum atomic E-state index is -0.401. The molecule has 0 atom stereocenters. The third-order valence-corrected chi connectivity index (χ3v) is 5.08. The van der Waals surface area contributed by atoms with Crippen molar-refractivity contribution in [2.45, 2.75) is 6.92 Å². The van der Waals surface area contributed by atoms with Crippen LogP contribution < -0.4 is 5.32 Å². The maximum absolute atomic E-state index is 14.0. The highest BCUT2D eigenvalue weighted by Gasteiger charge is 2.19. The second kappa shape index (κ2) is 6.73. The number of halogens is 1. The first-order chi connectivity index (χ1) is 12.6. The summed E-state index contributed by atoms with van der Waals surface area (Å²) in [7, 11) is 0. The van der Waals surface area contributed by atoms with Crippen LogP contribution in [-0.4, -0.2) is 30.3 Å². The van der Waals surface area contributed by atoms with Gasteiger partial charge in [0.1, 0.15) is 11.5 Å². The maximum Gasteiger partial charge on any atom is 0.267 e. The highest BCUT2D eigenvalue weighted by molar-refractivity contribution is 7.12. The van der Waals surface area contributed by atoms with E-state index in [2.05, 4.69) is 25.0 Å². The third kappa shape index (κ3) is 3.00. The molecule has 0 aliphatic rings. The number of anilines is 1. The van der Waals surface area contributed by atoms with Crippen molar-refractivity contribution >= 4 is 33.9 Å². The molecule has 4 rings (SSSR count). The molecule has 0 bridgehead atoms. The van der Waals surface area contributed by atoms with Gasteiger partial charge in [-0.1, -0.05) is 23.4 Å². The Hall–Kier alpha value is -2.98. The van der Waals surface area contributed by atoms with Crippen LogP contribution in [0.1, 0.15) is 15.4 Å². The number of benzene rings is 1. The number of amides is 1. The average Bonchev–Trinajstić information content (AvgIpc) is 3.36. The number of aromatic nitrogens is 5. The van der Waals surface area contributed by atoms with Gasteiger partial charge in [-0.15, -0.1) is 16.4 Å². The van der Waals surface area contributed by atoms with Gasteiger partial charge in [0.15, 0.2) is 11.5 Å². The van der Waals surface area contributed by atoms with Crippen molar-refractivity contribution in [3.05, 3.63) is 58.2 Å². The van der Waals surface area contributed by atoms with Crippen molar-refractivity contribution in [2.75, 3.05) is 5.32 Å². The van der Waals surface area contributed by atoms with Crippen LogP contribution in [0.25, 0.3) is 17.2 Å². The Balaban J connectivity index is 1.61. The van der Waals surface area contributed by atoms with Crippen LogP contribution in [0.2, 0.25) is 0 Å². The van der Waals surface area contributed by atoms with Crippen molar-refractivity contribution in [2.24, 2.45) is 0 Å². The molecule has 10 heteroatoms. The molecule has 7 nitrogen and oxygen atoms in total. The molecule has 26 heavy (non-hydrogen) atoms. The van der Waals surface area contributed by atoms with Gasteiger partial charge in [0.05, 0.1) is 10.6 Å². The monoisotopic (exact) mass is 386 g/mol. The predicted molar refractivity (Wildman–Crippen MR) is 97.2 cm³/mol. The molecule has 0 radical (unpaired) electrons. The molecule has 0 saturated heterocycles. The zero-order valence-corrected chi connectivity index (χ0v) is 15.0. The van der Waals surface area contributed by atoms with Gasteiger partial charge in [-0.25, -0.2) is 9.07 Å². The normalized spacial score (nSPS) is 10.8. The van der Waals surface area contributed by atoms with E-state index in [-0.39, 0.29) is 5.91 Å². The molecule has 0 spiro atoms. The van der Waals surface area contributed by atoms with E-state index in [4.69, 9.17) is 0 Å². The molecule has 0 aliphatic heterocycles. The topological polar surface area (TPSA) is 85.6 Å². The molecule has 0 saturated carbocycles. The fraction of sp³-hybridized carbons (Fsp3) is 0.0625. The Morgan fingerprint density at radius 2 is 2.08 bits per heavy atom. The Labute approximate surface area is 155 Å². The third-order valence-electron chi connectivity index (χ3n) is 3.58. The number of thiophene rings is 1. The van der Waals surface area contributed by atoms with Crippen molar-refractivity contribution in [3.8, 4) is 17.2 Å². The van der Waals surface area contributed by atoms with E-state index in [0.29, 0.717) is 32.9 Å². The molecule has 0 fully saturated rings. The van der Waals surface area contributed by atoms with Crippen LogP contribution in [0.3, 0.4) is 0 Å². The van der Waals surface area contributed by atoms with Crippen molar-refractivity contribution in [1.82, 2.24) is 24.4 Å². The van der Waals surface area contributed by atoms with Crippen molar-refractivity contribution < 1.29 is 9.18 Å². The summed E-state index contributed by atoms with van der Waals surface area (Å²) in [5.41, 5.74) is 1.33. The van der Waals surface area contributed by atoms with Gasteiger partial charge < -0.3 is 0 Å². The second-order valence-electron chi connectivity index (χ2n) is 5.24. The summed E-state index contributed by atoms with van der Waals surface area (Å²) in [6.45, 7) is 1.76. The number of carbonyl (C=O) groups is 1. The Kier molecular flexibility index (Phi) is 4.27. The second-order valence-corrected chi connectivity index (χ2v) is 6.94.